The summed E-state index contributed by atoms with van der Waals surface area (Å²) < 4.78 is 7.55. The average Bonchev–Trinajstić information content (AvgIpc) is 3.51. The van der Waals surface area contributed by atoms with Gasteiger partial charge < -0.3 is 36.4 Å². The molecule has 2 aromatic carbocycles. The second-order valence-electron chi connectivity index (χ2n) is 11.7. The fourth-order valence-electron chi connectivity index (χ4n) is 4.94. The first kappa shape index (κ1) is 35.5. The van der Waals surface area contributed by atoms with Gasteiger partial charge in [0, 0.05) is 32.4 Å². The molecule has 1 aliphatic heterocycles. The zero-order chi connectivity index (χ0) is 34.6. The number of nitrogens with one attached hydrogen (secondary N) is 5. The second kappa shape index (κ2) is 17.0. The lowest BCUT2D eigenvalue weighted by Crippen LogP contribution is -2.57. The average molecular weight is 663 g/mol. The maximum atomic E-state index is 13.3. The van der Waals surface area contributed by atoms with Crippen molar-refractivity contribution in [1.29, 1.82) is 0 Å². The normalized spacial score (nSPS) is 21.4. The molecule has 4 atom stereocenters. The largest absolute Gasteiger partial charge is 0.493 e. The number of hydrogen-bond donors (Lipinski definition) is 6. The summed E-state index contributed by atoms with van der Waals surface area (Å²) in [5.41, 5.74) is 2.42. The number of carbonyl (C=O) groups is 5. The summed E-state index contributed by atoms with van der Waals surface area (Å²) in [5.74, 6) is -2.54. The molecule has 2 bridgehead atoms. The Morgan fingerprint density at radius 1 is 0.979 bits per heavy atom. The van der Waals surface area contributed by atoms with Crippen molar-refractivity contribution in [2.75, 3.05) is 13.2 Å². The quantitative estimate of drug-likeness (QED) is 0.221. The highest BCUT2D eigenvalue weighted by Crippen LogP contribution is 2.21. The zero-order valence-electron chi connectivity index (χ0n) is 27.2. The number of amides is 5. The molecule has 3 aromatic rings. The van der Waals surface area contributed by atoms with Gasteiger partial charge in [0.2, 0.25) is 23.6 Å². The minimum atomic E-state index is -1.38. The first-order valence-corrected chi connectivity index (χ1v) is 15.8. The van der Waals surface area contributed by atoms with Gasteiger partial charge in [-0.25, -0.2) is 0 Å². The van der Waals surface area contributed by atoms with Crippen LogP contribution in [-0.4, -0.2) is 87.0 Å². The molecule has 0 radical (unpaired) electrons. The van der Waals surface area contributed by atoms with Crippen LogP contribution in [0.1, 0.15) is 53.9 Å². The number of fused-ring (bicyclic) bond motifs is 3. The Morgan fingerprint density at radius 3 is 2.50 bits per heavy atom. The summed E-state index contributed by atoms with van der Waals surface area (Å²) in [6, 6.07) is 10.9. The van der Waals surface area contributed by atoms with E-state index in [0.29, 0.717) is 24.4 Å². The third kappa shape index (κ3) is 10.4. The lowest BCUT2D eigenvalue weighted by Gasteiger charge is -2.25. The standard InChI is InChI=1S/C33H42N8O7/c1-20-10-11-25-27(16-20)48-15-7-14-41-19-24(39-40-41)18-35-32(46)26(17-23-8-5-4-6-9-23)37-33(47)29(22(3)42)38-28(43)12-13-34-30(44)21(2)36-31(25)45/h4-6,8-11,16,19,21-22,26,29,42H,7,12-15,17-18H2,1-3H3,(H,34,44)(H,35,46)(H,36,45)(H,37,47)(H,38,43)/t21-,22-,26-,29+/m1/s1. The van der Waals surface area contributed by atoms with Gasteiger partial charge in [0.15, 0.2) is 0 Å². The highest BCUT2D eigenvalue weighted by molar-refractivity contribution is 5.99. The molecule has 0 spiro atoms. The molecule has 5 amide bonds. The number of aliphatic hydroxyl groups is 1. The third-order valence-electron chi connectivity index (χ3n) is 7.59. The summed E-state index contributed by atoms with van der Waals surface area (Å²) in [6.07, 6.45) is 0.852. The summed E-state index contributed by atoms with van der Waals surface area (Å²) >= 11 is 0. The van der Waals surface area contributed by atoms with Gasteiger partial charge >= 0.3 is 0 Å². The van der Waals surface area contributed by atoms with E-state index < -0.39 is 53.8 Å². The van der Waals surface area contributed by atoms with E-state index in [-0.39, 0.29) is 38.1 Å². The molecule has 1 aromatic heterocycles. The third-order valence-corrected chi connectivity index (χ3v) is 7.59. The molecule has 1 aliphatic rings. The Kier molecular flexibility index (Phi) is 12.6. The zero-order valence-corrected chi connectivity index (χ0v) is 27.2. The Labute approximate surface area is 278 Å². The van der Waals surface area contributed by atoms with Gasteiger partial charge in [-0.15, -0.1) is 5.10 Å². The van der Waals surface area contributed by atoms with Crippen LogP contribution in [0.4, 0.5) is 0 Å². The number of ether oxygens (including phenoxy) is 1. The fraction of sp³-hybridized carbons (Fsp3) is 0.424. The Bertz CT molecular complexity index is 1590. The van der Waals surface area contributed by atoms with Crippen molar-refractivity contribution >= 4 is 29.5 Å². The lowest BCUT2D eigenvalue weighted by molar-refractivity contribution is -0.134. The number of aliphatic hydroxyl groups excluding tert-OH is 1. The van der Waals surface area contributed by atoms with Crippen LogP contribution in [0.25, 0.3) is 0 Å². The number of carbonyl (C=O) groups excluding carboxylic acids is 5. The van der Waals surface area contributed by atoms with Gasteiger partial charge in [-0.05, 0) is 44.0 Å². The van der Waals surface area contributed by atoms with Crippen LogP contribution >= 0.6 is 0 Å². The molecule has 0 unspecified atom stereocenters. The molecule has 0 fully saturated rings. The van der Waals surface area contributed by atoms with Crippen LogP contribution in [0.3, 0.4) is 0 Å². The molecule has 15 nitrogen and oxygen atoms in total. The predicted molar refractivity (Wildman–Crippen MR) is 173 cm³/mol. The van der Waals surface area contributed by atoms with E-state index in [2.05, 4.69) is 36.9 Å². The number of hydrogen-bond acceptors (Lipinski definition) is 9. The van der Waals surface area contributed by atoms with Crippen molar-refractivity contribution in [2.45, 2.75) is 77.4 Å². The van der Waals surface area contributed by atoms with Crippen molar-refractivity contribution in [1.82, 2.24) is 41.6 Å². The Balaban J connectivity index is 1.53. The number of aromatic nitrogens is 3. The van der Waals surface area contributed by atoms with Crippen molar-refractivity contribution in [3.8, 4) is 5.75 Å². The van der Waals surface area contributed by atoms with E-state index in [4.69, 9.17) is 4.74 Å². The minimum Gasteiger partial charge on any atom is -0.493 e. The van der Waals surface area contributed by atoms with E-state index >= 15 is 0 Å². The summed E-state index contributed by atoms with van der Waals surface area (Å²) in [4.78, 5) is 65.2. The fourth-order valence-corrected chi connectivity index (χ4v) is 4.94. The summed E-state index contributed by atoms with van der Waals surface area (Å²) in [6.45, 7) is 5.38. The molecule has 15 heteroatoms. The number of aryl methyl sites for hydroxylation is 2. The van der Waals surface area contributed by atoms with Gasteiger partial charge in [0.1, 0.15) is 29.6 Å². The molecule has 4 rings (SSSR count). The molecule has 0 saturated carbocycles. The summed E-state index contributed by atoms with van der Waals surface area (Å²) in [7, 11) is 0. The van der Waals surface area contributed by atoms with Crippen molar-refractivity contribution < 1.29 is 33.8 Å². The minimum absolute atomic E-state index is 0.0406. The maximum absolute atomic E-state index is 13.3. The first-order chi connectivity index (χ1) is 23.0. The summed E-state index contributed by atoms with van der Waals surface area (Å²) in [5, 5.41) is 31.8. The molecule has 0 saturated heterocycles. The van der Waals surface area contributed by atoms with E-state index in [1.165, 1.54) is 13.8 Å². The van der Waals surface area contributed by atoms with E-state index in [1.807, 2.05) is 37.3 Å². The monoisotopic (exact) mass is 662 g/mol. The van der Waals surface area contributed by atoms with Crippen molar-refractivity contribution in [3.63, 3.8) is 0 Å². The SMILES string of the molecule is Cc1ccc2c(c1)OCCCn1cc(nn1)CNC(=O)[C@@H](Cc1ccccc1)NC(=O)[C@H]([C@@H](C)O)NC(=O)CCNC(=O)[C@@H](C)NC2=O. The topological polar surface area (TPSA) is 206 Å². The molecular formula is C33H42N8O7. The first-order valence-electron chi connectivity index (χ1n) is 15.8. The van der Waals surface area contributed by atoms with Crippen LogP contribution in [0.15, 0.2) is 54.7 Å². The van der Waals surface area contributed by atoms with E-state index in [0.717, 1.165) is 11.1 Å². The second-order valence-corrected chi connectivity index (χ2v) is 11.7. The van der Waals surface area contributed by atoms with Gasteiger partial charge in [-0.3, -0.25) is 28.7 Å². The van der Waals surface area contributed by atoms with Crippen molar-refractivity contribution in [3.05, 3.63) is 77.1 Å². The van der Waals surface area contributed by atoms with Crippen LogP contribution < -0.4 is 31.3 Å². The molecule has 0 aliphatic carbocycles. The maximum Gasteiger partial charge on any atom is 0.255 e. The Hall–Kier alpha value is -5.31. The van der Waals surface area contributed by atoms with Crippen LogP contribution in [-0.2, 0) is 38.7 Å². The highest BCUT2D eigenvalue weighted by atomic mass is 16.5. The number of benzene rings is 2. The predicted octanol–water partition coefficient (Wildman–Crippen LogP) is -0.0969. The van der Waals surface area contributed by atoms with Gasteiger partial charge in [0.25, 0.3) is 5.91 Å². The smallest absolute Gasteiger partial charge is 0.255 e. The molecule has 256 valence electrons. The van der Waals surface area contributed by atoms with Crippen LogP contribution in [0.5, 0.6) is 5.75 Å². The van der Waals surface area contributed by atoms with Gasteiger partial charge in [0.05, 0.1) is 31.0 Å². The van der Waals surface area contributed by atoms with E-state index in [9.17, 15) is 29.1 Å². The highest BCUT2D eigenvalue weighted by Gasteiger charge is 2.30. The van der Waals surface area contributed by atoms with Crippen molar-refractivity contribution in [2.24, 2.45) is 0 Å². The number of nitrogens with zero attached hydrogens (tertiary/aromatic N) is 3. The molecule has 6 N–H and O–H groups in total. The van der Waals surface area contributed by atoms with Crippen LogP contribution in [0, 0.1) is 6.92 Å². The Morgan fingerprint density at radius 2 is 1.75 bits per heavy atom. The molecule has 48 heavy (non-hydrogen) atoms. The lowest BCUT2D eigenvalue weighted by atomic mass is 10.0. The van der Waals surface area contributed by atoms with Gasteiger partial charge in [-0.1, -0.05) is 41.6 Å². The molecular weight excluding hydrogens is 620 g/mol. The van der Waals surface area contributed by atoms with Crippen LogP contribution in [0.2, 0.25) is 0 Å². The molecule has 2 heterocycles. The van der Waals surface area contributed by atoms with Gasteiger partial charge in [-0.2, -0.15) is 0 Å². The van der Waals surface area contributed by atoms with E-state index in [1.54, 1.807) is 29.1 Å². The number of rotatable bonds is 3.